The Labute approximate surface area is 94.5 Å². The summed E-state index contributed by atoms with van der Waals surface area (Å²) >= 11 is 0. The molecule has 5 nitrogen and oxygen atoms in total. The van der Waals surface area contributed by atoms with Crippen LogP contribution in [0.25, 0.3) is 11.2 Å². The molecule has 0 aliphatic rings. The van der Waals surface area contributed by atoms with Crippen molar-refractivity contribution < 1.29 is 0 Å². The molecule has 1 atom stereocenters. The van der Waals surface area contributed by atoms with Crippen LogP contribution in [0.4, 0.5) is 0 Å². The van der Waals surface area contributed by atoms with E-state index in [1.165, 1.54) is 6.33 Å². The molecule has 86 valence electrons. The molecular formula is C11H17N5. The highest BCUT2D eigenvalue weighted by Crippen LogP contribution is 2.20. The van der Waals surface area contributed by atoms with Gasteiger partial charge < -0.3 is 10.7 Å². The third-order valence-corrected chi connectivity index (χ3v) is 2.74. The summed E-state index contributed by atoms with van der Waals surface area (Å²) in [5.74, 6) is 0.873. The average Bonchev–Trinajstić information content (AvgIpc) is 2.58. The van der Waals surface area contributed by atoms with Gasteiger partial charge in [-0.15, -0.1) is 0 Å². The molecule has 2 aromatic heterocycles. The minimum Gasteiger partial charge on any atom is -0.339 e. The summed E-state index contributed by atoms with van der Waals surface area (Å²) in [4.78, 5) is 15.6. The maximum absolute atomic E-state index is 6.11. The topological polar surface area (TPSA) is 80.5 Å². The van der Waals surface area contributed by atoms with Crippen LogP contribution >= 0.6 is 0 Å². The van der Waals surface area contributed by atoms with E-state index in [9.17, 15) is 0 Å². The van der Waals surface area contributed by atoms with Gasteiger partial charge in [0.15, 0.2) is 5.65 Å². The van der Waals surface area contributed by atoms with Crippen LogP contribution in [0.1, 0.15) is 26.6 Å². The van der Waals surface area contributed by atoms with Gasteiger partial charge in [0.2, 0.25) is 0 Å². The summed E-state index contributed by atoms with van der Waals surface area (Å²) in [6.45, 7) is 6.38. The van der Waals surface area contributed by atoms with Crippen molar-refractivity contribution in [1.82, 2.24) is 19.9 Å². The fourth-order valence-corrected chi connectivity index (χ4v) is 1.42. The summed E-state index contributed by atoms with van der Waals surface area (Å²) in [6, 6.07) is 0.0704. The van der Waals surface area contributed by atoms with E-state index in [-0.39, 0.29) is 11.5 Å². The average molecular weight is 219 g/mol. The lowest BCUT2D eigenvalue weighted by Crippen LogP contribution is -2.37. The Morgan fingerprint density at radius 2 is 2.19 bits per heavy atom. The van der Waals surface area contributed by atoms with Gasteiger partial charge in [0.05, 0.1) is 6.20 Å². The van der Waals surface area contributed by atoms with Crippen molar-refractivity contribution >= 4 is 11.2 Å². The smallest absolute Gasteiger partial charge is 0.180 e. The molecule has 0 aromatic carbocycles. The van der Waals surface area contributed by atoms with Crippen LogP contribution in [-0.2, 0) is 6.42 Å². The Morgan fingerprint density at radius 1 is 1.44 bits per heavy atom. The Hall–Kier alpha value is -1.49. The number of nitrogens with two attached hydrogens (primary N) is 1. The van der Waals surface area contributed by atoms with Crippen LogP contribution in [-0.4, -0.2) is 26.0 Å². The Kier molecular flexibility index (Phi) is 2.63. The molecule has 0 fully saturated rings. The molecular weight excluding hydrogens is 202 g/mol. The zero-order valence-electron chi connectivity index (χ0n) is 9.86. The first kappa shape index (κ1) is 11.0. The summed E-state index contributed by atoms with van der Waals surface area (Å²) in [7, 11) is 0. The number of aromatic nitrogens is 4. The molecule has 2 aromatic rings. The molecule has 0 saturated carbocycles. The second-order valence-electron chi connectivity index (χ2n) is 5.12. The van der Waals surface area contributed by atoms with Crippen molar-refractivity contribution in [3.8, 4) is 0 Å². The van der Waals surface area contributed by atoms with Crippen LogP contribution in [0.15, 0.2) is 12.5 Å². The molecule has 2 rings (SSSR count). The van der Waals surface area contributed by atoms with Crippen molar-refractivity contribution in [2.75, 3.05) is 0 Å². The third kappa shape index (κ3) is 2.19. The standard InChI is InChI=1S/C11H17N5/c1-11(2,3)8(12)4-9-15-7-5-13-6-14-10(7)16-9/h5-6,8H,4,12H2,1-3H3,(H,13,14,15,16). The number of H-pyrrole nitrogens is 1. The highest BCUT2D eigenvalue weighted by Gasteiger charge is 2.22. The van der Waals surface area contributed by atoms with Crippen molar-refractivity contribution in [3.63, 3.8) is 0 Å². The van der Waals surface area contributed by atoms with Gasteiger partial charge in [-0.1, -0.05) is 20.8 Å². The lowest BCUT2D eigenvalue weighted by Gasteiger charge is -2.26. The highest BCUT2D eigenvalue weighted by molar-refractivity contribution is 5.68. The molecule has 0 saturated heterocycles. The largest absolute Gasteiger partial charge is 0.339 e. The van der Waals surface area contributed by atoms with E-state index in [0.29, 0.717) is 5.65 Å². The van der Waals surface area contributed by atoms with E-state index >= 15 is 0 Å². The molecule has 16 heavy (non-hydrogen) atoms. The van der Waals surface area contributed by atoms with Gasteiger partial charge in [0.1, 0.15) is 17.7 Å². The summed E-state index contributed by atoms with van der Waals surface area (Å²) < 4.78 is 0. The zero-order chi connectivity index (χ0) is 11.8. The van der Waals surface area contributed by atoms with Gasteiger partial charge >= 0.3 is 0 Å². The van der Waals surface area contributed by atoms with Crippen molar-refractivity contribution in [2.24, 2.45) is 11.1 Å². The second kappa shape index (κ2) is 3.83. The van der Waals surface area contributed by atoms with Gasteiger partial charge in [-0.05, 0) is 5.41 Å². The van der Waals surface area contributed by atoms with E-state index in [4.69, 9.17) is 5.73 Å². The van der Waals surface area contributed by atoms with Crippen molar-refractivity contribution in [3.05, 3.63) is 18.3 Å². The third-order valence-electron chi connectivity index (χ3n) is 2.74. The van der Waals surface area contributed by atoms with Gasteiger partial charge in [-0.3, -0.25) is 0 Å². The Balaban J connectivity index is 2.22. The first-order valence-corrected chi connectivity index (χ1v) is 5.37. The molecule has 0 aliphatic carbocycles. The van der Waals surface area contributed by atoms with E-state index in [2.05, 4.69) is 40.7 Å². The maximum atomic E-state index is 6.11. The molecule has 0 amide bonds. The summed E-state index contributed by atoms with van der Waals surface area (Å²) in [5, 5.41) is 0. The molecule has 0 radical (unpaired) electrons. The van der Waals surface area contributed by atoms with Crippen LogP contribution < -0.4 is 5.73 Å². The zero-order valence-corrected chi connectivity index (χ0v) is 9.86. The van der Waals surface area contributed by atoms with Crippen molar-refractivity contribution in [2.45, 2.75) is 33.2 Å². The molecule has 3 N–H and O–H groups in total. The van der Waals surface area contributed by atoms with E-state index in [1.807, 2.05) is 0 Å². The van der Waals surface area contributed by atoms with Crippen LogP contribution in [0.2, 0.25) is 0 Å². The minimum absolute atomic E-state index is 0.0704. The highest BCUT2D eigenvalue weighted by atomic mass is 15.0. The minimum atomic E-state index is 0.0704. The maximum Gasteiger partial charge on any atom is 0.180 e. The molecule has 5 heteroatoms. The monoisotopic (exact) mass is 219 g/mol. The molecule has 1 unspecified atom stereocenters. The second-order valence-corrected chi connectivity index (χ2v) is 5.12. The number of nitrogens with zero attached hydrogens (tertiary/aromatic N) is 3. The number of hydrogen-bond donors (Lipinski definition) is 2. The lowest BCUT2D eigenvalue weighted by atomic mass is 9.85. The Bertz CT molecular complexity index is 449. The molecule has 0 bridgehead atoms. The fourth-order valence-electron chi connectivity index (χ4n) is 1.42. The van der Waals surface area contributed by atoms with Gasteiger partial charge in [0.25, 0.3) is 0 Å². The number of fused-ring (bicyclic) bond motifs is 1. The van der Waals surface area contributed by atoms with Crippen LogP contribution in [0.3, 0.4) is 0 Å². The normalized spacial score (nSPS) is 14.2. The van der Waals surface area contributed by atoms with Gasteiger partial charge in [-0.2, -0.15) is 0 Å². The number of hydrogen-bond acceptors (Lipinski definition) is 4. The fraction of sp³-hybridized carbons (Fsp3) is 0.545. The van der Waals surface area contributed by atoms with Gasteiger partial charge in [0, 0.05) is 12.5 Å². The molecule has 0 aliphatic heterocycles. The molecule has 2 heterocycles. The lowest BCUT2D eigenvalue weighted by molar-refractivity contribution is 0.315. The SMILES string of the molecule is CC(C)(C)C(N)Cc1nc2ncncc2[nH]1. The van der Waals surface area contributed by atoms with Gasteiger partial charge in [-0.25, -0.2) is 15.0 Å². The Morgan fingerprint density at radius 3 is 2.81 bits per heavy atom. The van der Waals surface area contributed by atoms with E-state index < -0.39 is 0 Å². The van der Waals surface area contributed by atoms with Crippen molar-refractivity contribution in [1.29, 1.82) is 0 Å². The quantitative estimate of drug-likeness (QED) is 0.797. The number of nitrogens with one attached hydrogen (secondary N) is 1. The predicted molar refractivity (Wildman–Crippen MR) is 62.8 cm³/mol. The van der Waals surface area contributed by atoms with E-state index in [1.54, 1.807) is 6.20 Å². The predicted octanol–water partition coefficient (Wildman–Crippen LogP) is 1.27. The number of rotatable bonds is 2. The number of aromatic amines is 1. The summed E-state index contributed by atoms with van der Waals surface area (Å²) in [6.07, 6.45) is 3.94. The first-order valence-electron chi connectivity index (χ1n) is 5.37. The summed E-state index contributed by atoms with van der Waals surface area (Å²) in [5.41, 5.74) is 7.74. The first-order chi connectivity index (χ1) is 7.47. The molecule has 0 spiro atoms. The van der Waals surface area contributed by atoms with Crippen LogP contribution in [0, 0.1) is 5.41 Å². The van der Waals surface area contributed by atoms with E-state index in [0.717, 1.165) is 17.8 Å². The number of imidazole rings is 1. The van der Waals surface area contributed by atoms with Crippen LogP contribution in [0.5, 0.6) is 0 Å².